The molecule has 6 heteroatoms. The van der Waals surface area contributed by atoms with Crippen molar-refractivity contribution in [3.05, 3.63) is 0 Å². The van der Waals surface area contributed by atoms with Crippen LogP contribution in [0, 0.1) is 5.92 Å². The number of carbonyl (C=O) groups is 2. The maximum Gasteiger partial charge on any atom is 0.326 e. The lowest BCUT2D eigenvalue weighted by Gasteiger charge is -2.16. The molecule has 0 fully saturated rings. The van der Waals surface area contributed by atoms with Gasteiger partial charge in [0.05, 0.1) is 0 Å². The summed E-state index contributed by atoms with van der Waals surface area (Å²) in [4.78, 5) is 22.4. The number of amides is 2. The summed E-state index contributed by atoms with van der Waals surface area (Å²) < 4.78 is 0. The van der Waals surface area contributed by atoms with E-state index in [0.29, 0.717) is 13.0 Å². The molecule has 0 rings (SSSR count). The summed E-state index contributed by atoms with van der Waals surface area (Å²) in [5.74, 6) is 0.322. The summed E-state index contributed by atoms with van der Waals surface area (Å²) in [7, 11) is 0. The van der Waals surface area contributed by atoms with Crippen LogP contribution in [-0.4, -0.2) is 41.7 Å². The third kappa shape index (κ3) is 9.15. The van der Waals surface area contributed by atoms with E-state index in [1.165, 1.54) is 0 Å². The van der Waals surface area contributed by atoms with Crippen molar-refractivity contribution in [3.63, 3.8) is 0 Å². The fourth-order valence-electron chi connectivity index (χ4n) is 1.48. The Morgan fingerprint density at radius 3 is 2.44 bits per heavy atom. The minimum Gasteiger partial charge on any atom is -0.480 e. The number of thioether (sulfide) groups is 1. The Morgan fingerprint density at radius 2 is 1.94 bits per heavy atom. The summed E-state index contributed by atoms with van der Waals surface area (Å²) in [6.45, 7) is 4.44. The average molecular weight is 276 g/mol. The number of nitrogens with one attached hydrogen (secondary N) is 2. The van der Waals surface area contributed by atoms with E-state index in [9.17, 15) is 9.59 Å². The first kappa shape index (κ1) is 17.1. The van der Waals surface area contributed by atoms with Crippen LogP contribution in [0.5, 0.6) is 0 Å². The van der Waals surface area contributed by atoms with Crippen LogP contribution in [0.3, 0.4) is 0 Å². The number of carbonyl (C=O) groups excluding carboxylic acids is 1. The summed E-state index contributed by atoms with van der Waals surface area (Å²) in [6, 6.07) is -1.21. The number of hydrogen-bond donors (Lipinski definition) is 3. The molecule has 0 radical (unpaired) electrons. The zero-order valence-electron chi connectivity index (χ0n) is 11.4. The molecule has 0 aromatic heterocycles. The van der Waals surface area contributed by atoms with Crippen molar-refractivity contribution in [2.45, 2.75) is 39.2 Å². The number of urea groups is 1. The van der Waals surface area contributed by atoms with E-state index < -0.39 is 18.0 Å². The van der Waals surface area contributed by atoms with Crippen molar-refractivity contribution in [1.82, 2.24) is 10.6 Å². The molecule has 18 heavy (non-hydrogen) atoms. The highest BCUT2D eigenvalue weighted by molar-refractivity contribution is 7.98. The van der Waals surface area contributed by atoms with Crippen molar-refractivity contribution in [2.75, 3.05) is 18.6 Å². The summed E-state index contributed by atoms with van der Waals surface area (Å²) in [5, 5.41) is 14.1. The second-order valence-electron chi connectivity index (χ2n) is 4.62. The number of carboxylic acids is 1. The fourth-order valence-corrected chi connectivity index (χ4v) is 1.97. The van der Waals surface area contributed by atoms with Gasteiger partial charge in [-0.05, 0) is 37.2 Å². The molecule has 106 valence electrons. The van der Waals surface area contributed by atoms with Crippen LogP contribution in [0.1, 0.15) is 33.1 Å². The van der Waals surface area contributed by atoms with E-state index in [2.05, 4.69) is 10.6 Å². The number of aliphatic carboxylic acids is 1. The molecule has 1 unspecified atom stereocenters. The highest BCUT2D eigenvalue weighted by Gasteiger charge is 2.20. The molecule has 0 aromatic carbocycles. The van der Waals surface area contributed by atoms with Gasteiger partial charge >= 0.3 is 12.0 Å². The van der Waals surface area contributed by atoms with E-state index in [1.54, 1.807) is 11.8 Å². The number of unbranched alkanes of at least 4 members (excludes halogenated alkanes) is 1. The van der Waals surface area contributed by atoms with E-state index in [4.69, 9.17) is 5.11 Å². The fraction of sp³-hybridized carbons (Fsp3) is 0.833. The standard InChI is InChI=1S/C12H24N2O3S/c1-9(2)8-10(11(15)16)14-12(17)13-6-4-5-7-18-3/h9-10H,4-8H2,1-3H3,(H,15,16)(H2,13,14,17). The molecule has 0 heterocycles. The quantitative estimate of drug-likeness (QED) is 0.562. The summed E-state index contributed by atoms with van der Waals surface area (Å²) in [5.41, 5.74) is 0. The van der Waals surface area contributed by atoms with Crippen molar-refractivity contribution in [2.24, 2.45) is 5.92 Å². The number of carboxylic acid groups (broad SMARTS) is 1. The molecule has 0 saturated carbocycles. The summed E-state index contributed by atoms with van der Waals surface area (Å²) >= 11 is 1.78. The van der Waals surface area contributed by atoms with E-state index >= 15 is 0 Å². The molecule has 5 nitrogen and oxygen atoms in total. The smallest absolute Gasteiger partial charge is 0.326 e. The maximum atomic E-state index is 11.5. The van der Waals surface area contributed by atoms with Crippen molar-refractivity contribution in [3.8, 4) is 0 Å². The van der Waals surface area contributed by atoms with Gasteiger partial charge in [0, 0.05) is 6.54 Å². The van der Waals surface area contributed by atoms with Crippen LogP contribution >= 0.6 is 11.8 Å². The molecule has 1 atom stereocenters. The molecule has 0 aliphatic rings. The second kappa shape index (κ2) is 10.1. The maximum absolute atomic E-state index is 11.5. The van der Waals surface area contributed by atoms with E-state index in [1.807, 2.05) is 20.1 Å². The molecule has 0 bridgehead atoms. The van der Waals surface area contributed by atoms with Crippen LogP contribution in [-0.2, 0) is 4.79 Å². The van der Waals surface area contributed by atoms with Crippen LogP contribution < -0.4 is 10.6 Å². The Balaban J connectivity index is 3.85. The Hall–Kier alpha value is -0.910. The highest BCUT2D eigenvalue weighted by atomic mass is 32.2. The third-order valence-corrected chi connectivity index (χ3v) is 3.07. The zero-order valence-corrected chi connectivity index (χ0v) is 12.2. The van der Waals surface area contributed by atoms with Crippen molar-refractivity contribution in [1.29, 1.82) is 0 Å². The zero-order chi connectivity index (χ0) is 14.0. The Morgan fingerprint density at radius 1 is 1.28 bits per heavy atom. The molecular formula is C12H24N2O3S. The molecule has 2 amide bonds. The predicted molar refractivity (Wildman–Crippen MR) is 75.0 cm³/mol. The van der Waals surface area contributed by atoms with Crippen LogP contribution in [0.25, 0.3) is 0 Å². The average Bonchev–Trinajstić information content (AvgIpc) is 2.27. The predicted octanol–water partition coefficient (Wildman–Crippen LogP) is 1.93. The first-order chi connectivity index (χ1) is 8.47. The molecular weight excluding hydrogens is 252 g/mol. The van der Waals surface area contributed by atoms with Gasteiger partial charge in [0.25, 0.3) is 0 Å². The third-order valence-electron chi connectivity index (χ3n) is 2.37. The van der Waals surface area contributed by atoms with Crippen molar-refractivity contribution < 1.29 is 14.7 Å². The molecule has 0 aliphatic carbocycles. The monoisotopic (exact) mass is 276 g/mol. The van der Waals surface area contributed by atoms with Gasteiger partial charge in [-0.2, -0.15) is 11.8 Å². The lowest BCUT2D eigenvalue weighted by atomic mass is 10.0. The second-order valence-corrected chi connectivity index (χ2v) is 5.61. The molecule has 0 saturated heterocycles. The van der Waals surface area contributed by atoms with Gasteiger partial charge in [-0.3, -0.25) is 0 Å². The van der Waals surface area contributed by atoms with Crippen LogP contribution in [0.2, 0.25) is 0 Å². The lowest BCUT2D eigenvalue weighted by Crippen LogP contribution is -2.46. The van der Waals surface area contributed by atoms with Gasteiger partial charge in [-0.1, -0.05) is 13.8 Å². The Bertz CT molecular complexity index is 260. The van der Waals surface area contributed by atoms with Gasteiger partial charge in [0.2, 0.25) is 0 Å². The van der Waals surface area contributed by atoms with Crippen LogP contribution in [0.4, 0.5) is 4.79 Å². The highest BCUT2D eigenvalue weighted by Crippen LogP contribution is 2.04. The molecule has 3 N–H and O–H groups in total. The minimum atomic E-state index is -0.985. The number of rotatable bonds is 9. The molecule has 0 aromatic rings. The number of hydrogen-bond acceptors (Lipinski definition) is 3. The Kier molecular flexibility index (Phi) is 9.55. The SMILES string of the molecule is CSCCCCNC(=O)NC(CC(C)C)C(=O)O. The minimum absolute atomic E-state index is 0.230. The normalized spacial score (nSPS) is 12.2. The molecule has 0 spiro atoms. The lowest BCUT2D eigenvalue weighted by molar-refractivity contribution is -0.139. The van der Waals surface area contributed by atoms with Gasteiger partial charge in [-0.25, -0.2) is 9.59 Å². The summed E-state index contributed by atoms with van der Waals surface area (Å²) in [6.07, 6.45) is 4.45. The van der Waals surface area contributed by atoms with Gasteiger partial charge in [-0.15, -0.1) is 0 Å². The Labute approximate surface area is 113 Å². The van der Waals surface area contributed by atoms with E-state index in [-0.39, 0.29) is 5.92 Å². The largest absolute Gasteiger partial charge is 0.480 e. The van der Waals surface area contributed by atoms with Gasteiger partial charge in [0.15, 0.2) is 0 Å². The van der Waals surface area contributed by atoms with Gasteiger partial charge < -0.3 is 15.7 Å². The first-order valence-corrected chi connectivity index (χ1v) is 7.62. The molecule has 0 aliphatic heterocycles. The first-order valence-electron chi connectivity index (χ1n) is 6.23. The van der Waals surface area contributed by atoms with Crippen LogP contribution in [0.15, 0.2) is 0 Å². The van der Waals surface area contributed by atoms with Crippen molar-refractivity contribution >= 4 is 23.8 Å². The van der Waals surface area contributed by atoms with Gasteiger partial charge in [0.1, 0.15) is 6.04 Å². The van der Waals surface area contributed by atoms with E-state index in [0.717, 1.165) is 18.6 Å². The topological polar surface area (TPSA) is 78.4 Å².